The molecule has 1 atom stereocenters. The Labute approximate surface area is 113 Å². The number of rotatable bonds is 4. The van der Waals surface area contributed by atoms with Gasteiger partial charge in [-0.1, -0.05) is 17.7 Å². The number of nitrogens with one attached hydrogen (secondary N) is 1. The highest BCUT2D eigenvalue weighted by Crippen LogP contribution is 2.20. The van der Waals surface area contributed by atoms with Crippen molar-refractivity contribution in [2.24, 2.45) is 0 Å². The lowest BCUT2D eigenvalue weighted by atomic mass is 9.95. The fraction of sp³-hybridized carbons (Fsp3) is 0.571. The molecule has 0 saturated heterocycles. The number of halogens is 2. The molecule has 0 heterocycles. The lowest BCUT2D eigenvalue weighted by molar-refractivity contribution is 0.0526. The van der Waals surface area contributed by atoms with Crippen molar-refractivity contribution in [3.8, 4) is 0 Å². The second-order valence-electron chi connectivity index (χ2n) is 6.01. The maximum Gasteiger partial charge on any atom is 0.127 e. The topological polar surface area (TPSA) is 32.3 Å². The van der Waals surface area contributed by atoms with Crippen molar-refractivity contribution in [3.05, 3.63) is 34.6 Å². The molecule has 4 heteroatoms. The first kappa shape index (κ1) is 15.4. The van der Waals surface area contributed by atoms with Gasteiger partial charge in [0.2, 0.25) is 0 Å². The van der Waals surface area contributed by atoms with Gasteiger partial charge in [-0.05, 0) is 45.4 Å². The number of hydrogen-bond acceptors (Lipinski definition) is 2. The van der Waals surface area contributed by atoms with Crippen molar-refractivity contribution in [2.75, 3.05) is 6.54 Å². The highest BCUT2D eigenvalue weighted by Gasteiger charge is 2.24. The molecule has 0 aliphatic rings. The van der Waals surface area contributed by atoms with Crippen LogP contribution in [0, 0.1) is 5.82 Å². The van der Waals surface area contributed by atoms with E-state index in [-0.39, 0.29) is 17.8 Å². The molecule has 1 unspecified atom stereocenters. The normalized spacial score (nSPS) is 15.5. The highest BCUT2D eigenvalue weighted by molar-refractivity contribution is 6.30. The van der Waals surface area contributed by atoms with Crippen LogP contribution in [0.15, 0.2) is 18.2 Å². The van der Waals surface area contributed by atoms with Crippen molar-refractivity contribution in [1.82, 2.24) is 5.32 Å². The predicted molar refractivity (Wildman–Crippen MR) is 73.5 cm³/mol. The number of benzene rings is 1. The Hall–Kier alpha value is -0.640. The second kappa shape index (κ2) is 5.55. The molecule has 0 spiro atoms. The van der Waals surface area contributed by atoms with Gasteiger partial charge in [0.05, 0.1) is 5.60 Å². The Morgan fingerprint density at radius 1 is 1.28 bits per heavy atom. The molecule has 102 valence electrons. The van der Waals surface area contributed by atoms with Gasteiger partial charge in [-0.15, -0.1) is 0 Å². The molecule has 0 amide bonds. The third-order valence-electron chi connectivity index (χ3n) is 2.59. The summed E-state index contributed by atoms with van der Waals surface area (Å²) < 4.78 is 13.6. The summed E-state index contributed by atoms with van der Waals surface area (Å²) in [6.07, 6.45) is 0.249. The molecule has 1 aromatic rings. The van der Waals surface area contributed by atoms with E-state index in [1.807, 2.05) is 20.8 Å². The van der Waals surface area contributed by atoms with E-state index in [2.05, 4.69) is 5.32 Å². The quantitative estimate of drug-likeness (QED) is 0.883. The molecule has 0 aromatic heterocycles. The Balaban J connectivity index is 2.70. The Bertz CT molecular complexity index is 413. The minimum Gasteiger partial charge on any atom is -0.389 e. The van der Waals surface area contributed by atoms with Gasteiger partial charge in [-0.3, -0.25) is 0 Å². The molecule has 2 nitrogen and oxygen atoms in total. The summed E-state index contributed by atoms with van der Waals surface area (Å²) in [6, 6.07) is 4.51. The van der Waals surface area contributed by atoms with Crippen molar-refractivity contribution in [2.45, 2.75) is 45.3 Å². The van der Waals surface area contributed by atoms with Crippen LogP contribution in [0.1, 0.15) is 33.3 Å². The highest BCUT2D eigenvalue weighted by atomic mass is 35.5. The largest absolute Gasteiger partial charge is 0.389 e. The molecular formula is C14H21ClFNO. The smallest absolute Gasteiger partial charge is 0.127 e. The van der Waals surface area contributed by atoms with Crippen LogP contribution in [0.3, 0.4) is 0 Å². The number of aliphatic hydroxyl groups is 1. The number of β-amino-alcohol motifs (C(OH)–C–C–N with tert-alkyl or cyclic N) is 1. The summed E-state index contributed by atoms with van der Waals surface area (Å²) in [4.78, 5) is 0. The lowest BCUT2D eigenvalue weighted by Crippen LogP contribution is -2.47. The van der Waals surface area contributed by atoms with Crippen LogP contribution in [0.5, 0.6) is 0 Å². The van der Waals surface area contributed by atoms with Gasteiger partial charge in [-0.2, -0.15) is 0 Å². The zero-order chi connectivity index (χ0) is 14.0. The van der Waals surface area contributed by atoms with Crippen molar-refractivity contribution in [3.63, 3.8) is 0 Å². The molecule has 0 saturated carbocycles. The lowest BCUT2D eigenvalue weighted by Gasteiger charge is -2.29. The Morgan fingerprint density at radius 2 is 1.89 bits per heavy atom. The maximum absolute atomic E-state index is 13.6. The van der Waals surface area contributed by atoms with E-state index in [9.17, 15) is 9.50 Å². The van der Waals surface area contributed by atoms with Crippen LogP contribution in [-0.2, 0) is 6.42 Å². The van der Waals surface area contributed by atoms with E-state index in [0.29, 0.717) is 17.1 Å². The van der Waals surface area contributed by atoms with Crippen LogP contribution < -0.4 is 5.32 Å². The van der Waals surface area contributed by atoms with Crippen molar-refractivity contribution in [1.29, 1.82) is 0 Å². The van der Waals surface area contributed by atoms with Gasteiger partial charge in [0, 0.05) is 23.5 Å². The fourth-order valence-corrected chi connectivity index (χ4v) is 1.75. The van der Waals surface area contributed by atoms with E-state index in [1.165, 1.54) is 6.07 Å². The van der Waals surface area contributed by atoms with Gasteiger partial charge in [-0.25, -0.2) is 4.39 Å². The minimum atomic E-state index is -0.998. The molecule has 0 bridgehead atoms. The fourth-order valence-electron chi connectivity index (χ4n) is 1.59. The Kier molecular flexibility index (Phi) is 4.76. The molecule has 0 aliphatic carbocycles. The average molecular weight is 274 g/mol. The summed E-state index contributed by atoms with van der Waals surface area (Å²) in [7, 11) is 0. The SMILES string of the molecule is CC(O)(CNC(C)(C)C)Cc1ccc(Cl)cc1F. The minimum absolute atomic E-state index is 0.0808. The molecule has 0 aliphatic heterocycles. The Morgan fingerprint density at radius 3 is 2.39 bits per heavy atom. The first-order valence-electron chi connectivity index (χ1n) is 6.00. The predicted octanol–water partition coefficient (Wildman–Crippen LogP) is 3.16. The van der Waals surface area contributed by atoms with E-state index in [0.717, 1.165) is 0 Å². The van der Waals surface area contributed by atoms with Gasteiger partial charge >= 0.3 is 0 Å². The summed E-state index contributed by atoms with van der Waals surface area (Å²) in [5, 5.41) is 13.8. The van der Waals surface area contributed by atoms with Crippen molar-refractivity contribution >= 4 is 11.6 Å². The van der Waals surface area contributed by atoms with Gasteiger partial charge in [0.15, 0.2) is 0 Å². The average Bonchev–Trinajstić information content (AvgIpc) is 2.19. The molecule has 2 N–H and O–H groups in total. The molecule has 18 heavy (non-hydrogen) atoms. The zero-order valence-corrected chi connectivity index (χ0v) is 12.1. The third-order valence-corrected chi connectivity index (χ3v) is 2.82. The summed E-state index contributed by atoms with van der Waals surface area (Å²) in [6.45, 7) is 8.15. The molecule has 0 radical (unpaired) electrons. The van der Waals surface area contributed by atoms with Gasteiger partial charge in [0.25, 0.3) is 0 Å². The van der Waals surface area contributed by atoms with Crippen LogP contribution in [-0.4, -0.2) is 22.8 Å². The van der Waals surface area contributed by atoms with E-state index < -0.39 is 5.60 Å². The standard InChI is InChI=1S/C14H21ClFNO/c1-13(2,3)17-9-14(4,18)8-10-5-6-11(15)7-12(10)16/h5-7,17-18H,8-9H2,1-4H3. The van der Waals surface area contributed by atoms with Crippen LogP contribution in [0.4, 0.5) is 4.39 Å². The van der Waals surface area contributed by atoms with Crippen LogP contribution in [0.2, 0.25) is 5.02 Å². The molecular weight excluding hydrogens is 253 g/mol. The molecule has 1 rings (SSSR count). The van der Waals surface area contributed by atoms with Gasteiger partial charge < -0.3 is 10.4 Å². The maximum atomic E-state index is 13.6. The third kappa shape index (κ3) is 5.34. The first-order valence-corrected chi connectivity index (χ1v) is 6.38. The molecule has 1 aromatic carbocycles. The van der Waals surface area contributed by atoms with Gasteiger partial charge in [0.1, 0.15) is 5.82 Å². The number of hydrogen-bond donors (Lipinski definition) is 2. The summed E-state index contributed by atoms with van der Waals surface area (Å²) >= 11 is 5.69. The van der Waals surface area contributed by atoms with E-state index in [4.69, 9.17) is 11.6 Å². The second-order valence-corrected chi connectivity index (χ2v) is 6.45. The summed E-state index contributed by atoms with van der Waals surface area (Å²) in [5.41, 5.74) is -0.607. The zero-order valence-electron chi connectivity index (χ0n) is 11.3. The van der Waals surface area contributed by atoms with Crippen LogP contribution >= 0.6 is 11.6 Å². The monoisotopic (exact) mass is 273 g/mol. The van der Waals surface area contributed by atoms with Crippen molar-refractivity contribution < 1.29 is 9.50 Å². The van der Waals surface area contributed by atoms with Crippen LogP contribution in [0.25, 0.3) is 0 Å². The van der Waals surface area contributed by atoms with E-state index >= 15 is 0 Å². The van der Waals surface area contributed by atoms with E-state index in [1.54, 1.807) is 19.1 Å². The first-order chi connectivity index (χ1) is 8.09. The molecule has 0 fully saturated rings. The summed E-state index contributed by atoms with van der Waals surface area (Å²) in [5.74, 6) is -0.376.